The molecular formula is C12H11F2NO5. The summed E-state index contributed by atoms with van der Waals surface area (Å²) in [6.45, 7) is -2.99. The van der Waals surface area contributed by atoms with E-state index in [2.05, 4.69) is 4.74 Å². The predicted octanol–water partition coefficient (Wildman–Crippen LogP) is 1.95. The number of carboxylic acid groups (broad SMARTS) is 2. The molecule has 0 saturated carbocycles. The maximum atomic E-state index is 12.1. The van der Waals surface area contributed by atoms with Crippen molar-refractivity contribution in [1.82, 2.24) is 4.90 Å². The van der Waals surface area contributed by atoms with E-state index in [1.807, 2.05) is 0 Å². The average molecular weight is 287 g/mol. The number of nitrogens with zero attached hydrogens (tertiary/aromatic N) is 1. The largest absolute Gasteiger partial charge is 0.479 e. The van der Waals surface area contributed by atoms with E-state index in [4.69, 9.17) is 10.2 Å². The second-order valence-corrected chi connectivity index (χ2v) is 4.21. The SMILES string of the molecule is O=C(O)C1c2ccc(OC(F)F)cc2CCN1C(=O)O. The van der Waals surface area contributed by atoms with E-state index < -0.39 is 24.7 Å². The Balaban J connectivity index is 2.38. The summed E-state index contributed by atoms with van der Waals surface area (Å²) in [5.74, 6) is -1.39. The normalized spacial score (nSPS) is 17.8. The summed E-state index contributed by atoms with van der Waals surface area (Å²) in [6, 6.07) is 2.49. The fourth-order valence-electron chi connectivity index (χ4n) is 2.25. The summed E-state index contributed by atoms with van der Waals surface area (Å²) >= 11 is 0. The van der Waals surface area contributed by atoms with Crippen LogP contribution >= 0.6 is 0 Å². The number of benzene rings is 1. The molecule has 108 valence electrons. The van der Waals surface area contributed by atoms with Crippen LogP contribution in [0.25, 0.3) is 0 Å². The fraction of sp³-hybridized carbons (Fsp3) is 0.333. The van der Waals surface area contributed by atoms with Gasteiger partial charge in [0.05, 0.1) is 0 Å². The zero-order valence-electron chi connectivity index (χ0n) is 10.1. The molecule has 0 bridgehead atoms. The van der Waals surface area contributed by atoms with Gasteiger partial charge in [-0.15, -0.1) is 0 Å². The molecule has 8 heteroatoms. The van der Waals surface area contributed by atoms with Gasteiger partial charge >= 0.3 is 18.7 Å². The molecule has 0 aromatic heterocycles. The lowest BCUT2D eigenvalue weighted by atomic mass is 9.92. The van der Waals surface area contributed by atoms with E-state index in [1.165, 1.54) is 18.2 Å². The standard InChI is InChI=1S/C12H11F2NO5/c13-11(14)20-7-1-2-8-6(5-7)3-4-15(12(18)19)9(8)10(16)17/h1-2,5,9,11H,3-4H2,(H,16,17)(H,18,19). The van der Waals surface area contributed by atoms with E-state index >= 15 is 0 Å². The minimum atomic E-state index is -2.97. The maximum Gasteiger partial charge on any atom is 0.408 e. The van der Waals surface area contributed by atoms with Crippen LogP contribution in [-0.4, -0.2) is 40.3 Å². The van der Waals surface area contributed by atoms with Crippen molar-refractivity contribution in [2.45, 2.75) is 19.1 Å². The third-order valence-electron chi connectivity index (χ3n) is 3.05. The predicted molar refractivity (Wildman–Crippen MR) is 61.9 cm³/mol. The third kappa shape index (κ3) is 2.63. The molecule has 20 heavy (non-hydrogen) atoms. The molecule has 1 aromatic rings. The van der Waals surface area contributed by atoms with Crippen LogP contribution in [0.4, 0.5) is 13.6 Å². The Morgan fingerprint density at radius 1 is 1.35 bits per heavy atom. The van der Waals surface area contributed by atoms with E-state index in [0.29, 0.717) is 5.56 Å². The summed E-state index contributed by atoms with van der Waals surface area (Å²) in [6.07, 6.45) is -1.10. The molecule has 1 amide bonds. The minimum Gasteiger partial charge on any atom is -0.479 e. The average Bonchev–Trinajstić information content (AvgIpc) is 2.35. The van der Waals surface area contributed by atoms with E-state index in [1.54, 1.807) is 0 Å². The van der Waals surface area contributed by atoms with Crippen LogP contribution in [0.15, 0.2) is 18.2 Å². The monoisotopic (exact) mass is 287 g/mol. The quantitative estimate of drug-likeness (QED) is 0.887. The second kappa shape index (κ2) is 5.32. The molecule has 1 aliphatic heterocycles. The molecule has 1 heterocycles. The number of carbonyl (C=O) groups is 2. The van der Waals surface area contributed by atoms with Gasteiger partial charge < -0.3 is 14.9 Å². The number of halogens is 2. The highest BCUT2D eigenvalue weighted by Crippen LogP contribution is 2.32. The first-order valence-electron chi connectivity index (χ1n) is 5.70. The Labute approximate surface area is 112 Å². The first-order valence-corrected chi connectivity index (χ1v) is 5.70. The number of hydrogen-bond acceptors (Lipinski definition) is 3. The molecule has 6 nitrogen and oxygen atoms in total. The van der Waals surface area contributed by atoms with E-state index in [0.717, 1.165) is 4.90 Å². The molecule has 1 aromatic carbocycles. The topological polar surface area (TPSA) is 87.1 Å². The van der Waals surface area contributed by atoms with Gasteiger partial charge in [-0.2, -0.15) is 8.78 Å². The lowest BCUT2D eigenvalue weighted by Crippen LogP contribution is -2.42. The minimum absolute atomic E-state index is 0.0164. The Morgan fingerprint density at radius 3 is 2.60 bits per heavy atom. The Bertz CT molecular complexity index is 549. The van der Waals surface area contributed by atoms with Gasteiger partial charge in [0, 0.05) is 6.54 Å². The van der Waals surface area contributed by atoms with E-state index in [-0.39, 0.29) is 24.3 Å². The molecule has 0 saturated heterocycles. The van der Waals surface area contributed by atoms with Crippen molar-refractivity contribution >= 4 is 12.1 Å². The molecule has 0 radical (unpaired) electrons. The van der Waals surface area contributed by atoms with Gasteiger partial charge in [0.2, 0.25) is 0 Å². The van der Waals surface area contributed by atoms with Gasteiger partial charge in [-0.05, 0) is 29.7 Å². The van der Waals surface area contributed by atoms with Crippen molar-refractivity contribution in [3.63, 3.8) is 0 Å². The van der Waals surface area contributed by atoms with Gasteiger partial charge in [-0.3, -0.25) is 4.90 Å². The molecule has 0 aliphatic carbocycles. The number of carboxylic acids is 1. The van der Waals surface area contributed by atoms with Crippen molar-refractivity contribution < 1.29 is 33.3 Å². The number of aliphatic carboxylic acids is 1. The number of hydrogen-bond donors (Lipinski definition) is 2. The summed E-state index contributed by atoms with van der Waals surface area (Å²) in [4.78, 5) is 23.1. The lowest BCUT2D eigenvalue weighted by Gasteiger charge is -2.32. The highest BCUT2D eigenvalue weighted by molar-refractivity contribution is 5.82. The van der Waals surface area contributed by atoms with Crippen molar-refractivity contribution in [3.8, 4) is 5.75 Å². The Morgan fingerprint density at radius 2 is 2.05 bits per heavy atom. The molecule has 2 rings (SSSR count). The van der Waals surface area contributed by atoms with Crippen LogP contribution in [-0.2, 0) is 11.2 Å². The van der Waals surface area contributed by atoms with Crippen LogP contribution in [0.2, 0.25) is 0 Å². The van der Waals surface area contributed by atoms with Crippen LogP contribution in [0, 0.1) is 0 Å². The van der Waals surface area contributed by atoms with Gasteiger partial charge in [0.15, 0.2) is 6.04 Å². The van der Waals surface area contributed by atoms with Gasteiger partial charge in [0.1, 0.15) is 5.75 Å². The molecule has 1 aliphatic rings. The van der Waals surface area contributed by atoms with Crippen molar-refractivity contribution in [2.24, 2.45) is 0 Å². The molecule has 1 unspecified atom stereocenters. The Kier molecular flexibility index (Phi) is 3.73. The molecule has 0 spiro atoms. The van der Waals surface area contributed by atoms with Crippen LogP contribution in [0.1, 0.15) is 17.2 Å². The summed E-state index contributed by atoms with van der Waals surface area (Å²) in [5, 5.41) is 18.2. The molecular weight excluding hydrogens is 276 g/mol. The number of amides is 1. The van der Waals surface area contributed by atoms with Crippen LogP contribution in [0.3, 0.4) is 0 Å². The first kappa shape index (κ1) is 14.0. The van der Waals surface area contributed by atoms with E-state index in [9.17, 15) is 18.4 Å². The summed E-state index contributed by atoms with van der Waals surface area (Å²) in [5.41, 5.74) is 0.765. The second-order valence-electron chi connectivity index (χ2n) is 4.21. The van der Waals surface area contributed by atoms with Crippen molar-refractivity contribution in [2.75, 3.05) is 6.54 Å². The van der Waals surface area contributed by atoms with Gasteiger partial charge in [-0.25, -0.2) is 9.59 Å². The summed E-state index contributed by atoms with van der Waals surface area (Å²) < 4.78 is 28.5. The maximum absolute atomic E-state index is 12.1. The molecule has 0 fully saturated rings. The van der Waals surface area contributed by atoms with Gasteiger partial charge in [0.25, 0.3) is 0 Å². The number of fused-ring (bicyclic) bond motifs is 1. The first-order chi connectivity index (χ1) is 9.40. The zero-order chi connectivity index (χ0) is 14.9. The van der Waals surface area contributed by atoms with Crippen LogP contribution < -0.4 is 4.74 Å². The Hall–Kier alpha value is -2.38. The third-order valence-corrected chi connectivity index (χ3v) is 3.05. The number of ether oxygens (including phenoxy) is 1. The number of alkyl halides is 2. The highest BCUT2D eigenvalue weighted by atomic mass is 19.3. The molecule has 2 N–H and O–H groups in total. The van der Waals surface area contributed by atoms with Crippen molar-refractivity contribution in [3.05, 3.63) is 29.3 Å². The number of rotatable bonds is 3. The van der Waals surface area contributed by atoms with Crippen molar-refractivity contribution in [1.29, 1.82) is 0 Å². The summed E-state index contributed by atoms with van der Waals surface area (Å²) in [7, 11) is 0. The zero-order valence-corrected chi connectivity index (χ0v) is 10.1. The van der Waals surface area contributed by atoms with Crippen LogP contribution in [0.5, 0.6) is 5.75 Å². The van der Waals surface area contributed by atoms with Gasteiger partial charge in [-0.1, -0.05) is 6.07 Å². The smallest absolute Gasteiger partial charge is 0.408 e. The highest BCUT2D eigenvalue weighted by Gasteiger charge is 2.36. The lowest BCUT2D eigenvalue weighted by molar-refractivity contribution is -0.143. The molecule has 1 atom stereocenters. The fourth-order valence-corrected chi connectivity index (χ4v) is 2.25.